The van der Waals surface area contributed by atoms with Crippen molar-refractivity contribution in [1.82, 2.24) is 15.1 Å². The van der Waals surface area contributed by atoms with Gasteiger partial charge < -0.3 is 15.0 Å². The number of rotatable bonds is 5. The number of carbonyl (C=O) groups excluding carboxylic acids is 1. The van der Waals surface area contributed by atoms with Crippen molar-refractivity contribution in [3.8, 4) is 0 Å². The second kappa shape index (κ2) is 9.03. The fraction of sp³-hybridized carbons (Fsp3) is 0.611. The molecule has 3 rings (SSSR count). The Balaban J connectivity index is 0.000000188. The predicted molar refractivity (Wildman–Crippen MR) is 90.9 cm³/mol. The third-order valence-corrected chi connectivity index (χ3v) is 4.45. The zero-order valence-electron chi connectivity index (χ0n) is 13.9. The summed E-state index contributed by atoms with van der Waals surface area (Å²) in [6.45, 7) is 5.91. The summed E-state index contributed by atoms with van der Waals surface area (Å²) >= 11 is 0. The molecule has 1 saturated carbocycles. The molecule has 1 aromatic rings. The maximum atomic E-state index is 10.2. The fourth-order valence-corrected chi connectivity index (χ4v) is 2.72. The van der Waals surface area contributed by atoms with Crippen molar-refractivity contribution in [2.75, 3.05) is 40.3 Å². The van der Waals surface area contributed by atoms with Gasteiger partial charge in [0.25, 0.3) is 0 Å². The lowest BCUT2D eigenvalue weighted by Crippen LogP contribution is -2.43. The van der Waals surface area contributed by atoms with Gasteiger partial charge in [-0.05, 0) is 38.4 Å². The van der Waals surface area contributed by atoms with E-state index in [-0.39, 0.29) is 6.04 Å². The molecule has 1 heterocycles. The van der Waals surface area contributed by atoms with E-state index in [4.69, 9.17) is 0 Å². The molecule has 1 N–H and O–H groups in total. The Morgan fingerprint density at radius 2 is 1.82 bits per heavy atom. The molecule has 0 aromatic heterocycles. The maximum absolute atomic E-state index is 10.2. The number of piperazine rings is 1. The van der Waals surface area contributed by atoms with Crippen molar-refractivity contribution in [3.05, 3.63) is 35.9 Å². The number of aldehydes is 1. The predicted octanol–water partition coefficient (Wildman–Crippen LogP) is 1.62. The minimum absolute atomic E-state index is 0.134. The first-order valence-electron chi connectivity index (χ1n) is 8.30. The van der Waals surface area contributed by atoms with Crippen molar-refractivity contribution in [3.63, 3.8) is 0 Å². The minimum Gasteiger partial charge on any atom is -0.311 e. The standard InChI is InChI=1S/C12H18N2.C6H11NO/c1-13-7-9-14(10-8-13)11-12-5-3-2-4-6-12;1-7-6(4-8)5-2-3-5/h2-6H,7-11H2,1H3;4-7H,2-3H2,1H3/t;6-/m.0/s1. The van der Waals surface area contributed by atoms with Crippen LogP contribution in [0.15, 0.2) is 30.3 Å². The third-order valence-electron chi connectivity index (χ3n) is 4.45. The van der Waals surface area contributed by atoms with Gasteiger partial charge in [0, 0.05) is 32.7 Å². The fourth-order valence-electron chi connectivity index (χ4n) is 2.72. The van der Waals surface area contributed by atoms with Crippen LogP contribution in [-0.2, 0) is 11.3 Å². The molecule has 122 valence electrons. The highest BCUT2D eigenvalue weighted by Crippen LogP contribution is 2.31. The van der Waals surface area contributed by atoms with Crippen LogP contribution in [0, 0.1) is 5.92 Å². The molecular weight excluding hydrogens is 274 g/mol. The molecule has 4 nitrogen and oxygen atoms in total. The molecule has 1 aliphatic heterocycles. The summed E-state index contributed by atoms with van der Waals surface area (Å²) in [5, 5.41) is 2.95. The quantitative estimate of drug-likeness (QED) is 0.839. The van der Waals surface area contributed by atoms with E-state index in [9.17, 15) is 4.79 Å². The summed E-state index contributed by atoms with van der Waals surface area (Å²) in [4.78, 5) is 15.1. The SMILES string of the molecule is CN1CCN(Cc2ccccc2)CC1.CN[C@@H](C=O)C1CC1. The zero-order chi connectivity index (χ0) is 15.8. The Morgan fingerprint density at radius 3 is 2.27 bits per heavy atom. The molecule has 0 amide bonds. The molecule has 22 heavy (non-hydrogen) atoms. The number of likely N-dealkylation sites (N-methyl/N-ethyl adjacent to an activating group) is 2. The Hall–Kier alpha value is -1.23. The van der Waals surface area contributed by atoms with Gasteiger partial charge in [-0.3, -0.25) is 4.90 Å². The van der Waals surface area contributed by atoms with Gasteiger partial charge in [-0.1, -0.05) is 30.3 Å². The van der Waals surface area contributed by atoms with Crippen LogP contribution in [0.2, 0.25) is 0 Å². The lowest BCUT2D eigenvalue weighted by atomic mass is 10.2. The number of hydrogen-bond donors (Lipinski definition) is 1. The first-order valence-corrected chi connectivity index (χ1v) is 8.30. The molecule has 0 spiro atoms. The topological polar surface area (TPSA) is 35.6 Å². The van der Waals surface area contributed by atoms with Crippen LogP contribution in [0.4, 0.5) is 0 Å². The van der Waals surface area contributed by atoms with Crippen LogP contribution in [0.25, 0.3) is 0 Å². The van der Waals surface area contributed by atoms with E-state index in [1.165, 1.54) is 44.6 Å². The molecule has 2 aliphatic rings. The van der Waals surface area contributed by atoms with E-state index in [1.807, 2.05) is 7.05 Å². The normalized spacial score (nSPS) is 20.8. The number of benzene rings is 1. The summed E-state index contributed by atoms with van der Waals surface area (Å²) in [6, 6.07) is 10.9. The molecule has 1 saturated heterocycles. The van der Waals surface area contributed by atoms with Gasteiger partial charge in [0.1, 0.15) is 6.29 Å². The molecule has 1 aliphatic carbocycles. The van der Waals surface area contributed by atoms with Gasteiger partial charge in [-0.2, -0.15) is 0 Å². The number of hydrogen-bond acceptors (Lipinski definition) is 4. The molecule has 0 unspecified atom stereocenters. The monoisotopic (exact) mass is 303 g/mol. The largest absolute Gasteiger partial charge is 0.311 e. The van der Waals surface area contributed by atoms with Gasteiger partial charge in [-0.25, -0.2) is 0 Å². The van der Waals surface area contributed by atoms with Gasteiger partial charge in [-0.15, -0.1) is 0 Å². The third kappa shape index (κ3) is 5.87. The maximum Gasteiger partial charge on any atom is 0.137 e. The van der Waals surface area contributed by atoms with Gasteiger partial charge in [0.2, 0.25) is 0 Å². The van der Waals surface area contributed by atoms with Gasteiger partial charge in [0.15, 0.2) is 0 Å². The van der Waals surface area contributed by atoms with Crippen LogP contribution >= 0.6 is 0 Å². The zero-order valence-corrected chi connectivity index (χ0v) is 13.9. The van der Waals surface area contributed by atoms with Crippen molar-refractivity contribution in [1.29, 1.82) is 0 Å². The van der Waals surface area contributed by atoms with Gasteiger partial charge >= 0.3 is 0 Å². The summed E-state index contributed by atoms with van der Waals surface area (Å²) in [6.07, 6.45) is 3.45. The van der Waals surface area contributed by atoms with Crippen molar-refractivity contribution >= 4 is 6.29 Å². The average molecular weight is 303 g/mol. The Bertz CT molecular complexity index is 425. The number of nitrogens with one attached hydrogen (secondary N) is 1. The van der Waals surface area contributed by atoms with E-state index < -0.39 is 0 Å². The lowest BCUT2D eigenvalue weighted by Gasteiger charge is -2.32. The Morgan fingerprint density at radius 1 is 1.18 bits per heavy atom. The van der Waals surface area contributed by atoms with E-state index in [0.717, 1.165) is 12.8 Å². The summed E-state index contributed by atoms with van der Waals surface area (Å²) in [5.41, 5.74) is 1.43. The summed E-state index contributed by atoms with van der Waals surface area (Å²) in [5.74, 6) is 0.650. The molecule has 0 bridgehead atoms. The van der Waals surface area contributed by atoms with Crippen molar-refractivity contribution < 1.29 is 4.79 Å². The lowest BCUT2D eigenvalue weighted by molar-refractivity contribution is -0.109. The van der Waals surface area contributed by atoms with Crippen LogP contribution in [0.5, 0.6) is 0 Å². The highest BCUT2D eigenvalue weighted by molar-refractivity contribution is 5.58. The second-order valence-corrected chi connectivity index (χ2v) is 6.35. The van der Waals surface area contributed by atoms with E-state index in [1.54, 1.807) is 0 Å². The smallest absolute Gasteiger partial charge is 0.137 e. The highest BCUT2D eigenvalue weighted by atomic mass is 16.1. The summed E-state index contributed by atoms with van der Waals surface area (Å²) in [7, 11) is 4.03. The molecule has 1 aromatic carbocycles. The second-order valence-electron chi connectivity index (χ2n) is 6.35. The highest BCUT2D eigenvalue weighted by Gasteiger charge is 2.29. The minimum atomic E-state index is 0.134. The van der Waals surface area contributed by atoms with E-state index in [2.05, 4.69) is 52.5 Å². The molecule has 2 fully saturated rings. The van der Waals surface area contributed by atoms with E-state index in [0.29, 0.717) is 5.92 Å². The first kappa shape index (κ1) is 17.1. The van der Waals surface area contributed by atoms with Gasteiger partial charge in [0.05, 0.1) is 6.04 Å². The molecular formula is C18H29N3O. The number of carbonyl (C=O) groups is 1. The van der Waals surface area contributed by atoms with Crippen LogP contribution in [0.3, 0.4) is 0 Å². The van der Waals surface area contributed by atoms with Crippen LogP contribution in [0.1, 0.15) is 18.4 Å². The van der Waals surface area contributed by atoms with Crippen molar-refractivity contribution in [2.24, 2.45) is 5.92 Å². The molecule has 0 radical (unpaired) electrons. The van der Waals surface area contributed by atoms with Crippen LogP contribution < -0.4 is 5.32 Å². The molecule has 1 atom stereocenters. The summed E-state index contributed by atoms with van der Waals surface area (Å²) < 4.78 is 0. The average Bonchev–Trinajstić information content (AvgIpc) is 3.38. The Labute approximate surface area is 134 Å². The Kier molecular flexibility index (Phi) is 7.03. The van der Waals surface area contributed by atoms with Crippen LogP contribution in [-0.4, -0.2) is 62.4 Å². The molecule has 4 heteroatoms. The van der Waals surface area contributed by atoms with Crippen molar-refractivity contribution in [2.45, 2.75) is 25.4 Å². The number of nitrogens with zero attached hydrogens (tertiary/aromatic N) is 2. The first-order chi connectivity index (χ1) is 10.7. The van der Waals surface area contributed by atoms with E-state index >= 15 is 0 Å².